The highest BCUT2D eigenvalue weighted by Crippen LogP contribution is 2.23. The Morgan fingerprint density at radius 2 is 2.06 bits per heavy atom. The van der Waals surface area contributed by atoms with Crippen molar-refractivity contribution in [2.75, 3.05) is 12.4 Å². The Morgan fingerprint density at radius 1 is 1.28 bits per heavy atom. The summed E-state index contributed by atoms with van der Waals surface area (Å²) in [6, 6.07) is 1.61. The number of thiophene rings is 2. The van der Waals surface area contributed by atoms with Crippen LogP contribution in [0.4, 0.5) is 5.00 Å². The van der Waals surface area contributed by atoms with Crippen LogP contribution >= 0.6 is 22.7 Å². The number of hydrogen-bond acceptors (Lipinski definition) is 5. The van der Waals surface area contributed by atoms with E-state index in [9.17, 15) is 9.59 Å². The molecule has 0 fully saturated rings. The fourth-order valence-corrected chi connectivity index (χ4v) is 2.99. The zero-order valence-electron chi connectivity index (χ0n) is 9.85. The lowest BCUT2D eigenvalue weighted by Gasteiger charge is -2.01. The number of ether oxygens (including phenoxy) is 1. The van der Waals surface area contributed by atoms with Gasteiger partial charge in [0.25, 0.3) is 5.91 Å². The van der Waals surface area contributed by atoms with Crippen molar-refractivity contribution in [2.45, 2.75) is 6.92 Å². The van der Waals surface area contributed by atoms with Crippen LogP contribution in [0.1, 0.15) is 26.3 Å². The smallest absolute Gasteiger partial charge is 0.338 e. The molecule has 1 N–H and O–H groups in total. The first-order valence-corrected chi connectivity index (χ1v) is 6.95. The average molecular weight is 281 g/mol. The number of anilines is 1. The lowest BCUT2D eigenvalue weighted by molar-refractivity contribution is 0.0601. The molecule has 0 saturated carbocycles. The number of methoxy groups -OCH3 is 1. The molecule has 2 aromatic rings. The molecule has 0 bridgehead atoms. The number of carbonyl (C=O) groups is 2. The molecule has 0 radical (unpaired) electrons. The number of carbonyl (C=O) groups excluding carboxylic acids is 2. The van der Waals surface area contributed by atoms with E-state index in [1.165, 1.54) is 29.8 Å². The molecular weight excluding hydrogens is 270 g/mol. The molecule has 0 saturated heterocycles. The largest absolute Gasteiger partial charge is 0.465 e. The molecule has 0 aliphatic heterocycles. The van der Waals surface area contributed by atoms with Gasteiger partial charge in [0.05, 0.1) is 23.2 Å². The molecule has 6 heteroatoms. The minimum Gasteiger partial charge on any atom is -0.465 e. The van der Waals surface area contributed by atoms with Gasteiger partial charge in [0.2, 0.25) is 0 Å². The number of nitrogens with one attached hydrogen (secondary N) is 1. The van der Waals surface area contributed by atoms with Crippen molar-refractivity contribution in [1.82, 2.24) is 0 Å². The van der Waals surface area contributed by atoms with Gasteiger partial charge in [-0.1, -0.05) is 0 Å². The summed E-state index contributed by atoms with van der Waals surface area (Å²) in [6.07, 6.45) is 0. The molecule has 0 atom stereocenters. The van der Waals surface area contributed by atoms with E-state index >= 15 is 0 Å². The van der Waals surface area contributed by atoms with Crippen molar-refractivity contribution in [2.24, 2.45) is 0 Å². The third-order valence-corrected chi connectivity index (χ3v) is 4.06. The molecule has 18 heavy (non-hydrogen) atoms. The molecule has 2 aromatic heterocycles. The van der Waals surface area contributed by atoms with Gasteiger partial charge in [-0.15, -0.1) is 11.3 Å². The Kier molecular flexibility index (Phi) is 3.78. The molecule has 0 spiro atoms. The third kappa shape index (κ3) is 2.60. The van der Waals surface area contributed by atoms with E-state index in [0.717, 1.165) is 5.56 Å². The summed E-state index contributed by atoms with van der Waals surface area (Å²) >= 11 is 2.78. The van der Waals surface area contributed by atoms with Gasteiger partial charge in [0.15, 0.2) is 0 Å². The second-order valence-corrected chi connectivity index (χ2v) is 5.27. The van der Waals surface area contributed by atoms with Gasteiger partial charge in [-0.3, -0.25) is 4.79 Å². The van der Waals surface area contributed by atoms with Crippen molar-refractivity contribution >= 4 is 39.6 Å². The van der Waals surface area contributed by atoms with Crippen molar-refractivity contribution in [3.63, 3.8) is 0 Å². The highest BCUT2D eigenvalue weighted by molar-refractivity contribution is 7.14. The standard InChI is InChI=1S/C12H11NO3S2/c1-7-4-17-6-9(7)11(14)13-10-3-8(5-18-10)12(15)16-2/h3-6H,1-2H3,(H,13,14). The quantitative estimate of drug-likeness (QED) is 0.879. The lowest BCUT2D eigenvalue weighted by atomic mass is 10.2. The van der Waals surface area contributed by atoms with Crippen molar-refractivity contribution in [3.05, 3.63) is 38.9 Å². The van der Waals surface area contributed by atoms with Gasteiger partial charge < -0.3 is 10.1 Å². The van der Waals surface area contributed by atoms with Crippen LogP contribution in [0.2, 0.25) is 0 Å². The molecule has 2 heterocycles. The fourth-order valence-electron chi connectivity index (χ4n) is 1.40. The van der Waals surface area contributed by atoms with Crippen molar-refractivity contribution < 1.29 is 14.3 Å². The first kappa shape index (κ1) is 12.8. The predicted molar refractivity (Wildman–Crippen MR) is 72.7 cm³/mol. The van der Waals surface area contributed by atoms with Crippen molar-refractivity contribution in [3.8, 4) is 0 Å². The molecule has 4 nitrogen and oxygen atoms in total. The van der Waals surface area contributed by atoms with Crippen LogP contribution in [0.25, 0.3) is 0 Å². The monoisotopic (exact) mass is 281 g/mol. The summed E-state index contributed by atoms with van der Waals surface area (Å²) in [5.74, 6) is -0.564. The molecule has 0 aliphatic rings. The predicted octanol–water partition coefficient (Wildman–Crippen LogP) is 3.16. The molecule has 0 unspecified atom stereocenters. The Bertz CT molecular complexity index is 586. The Hall–Kier alpha value is -1.66. The zero-order valence-corrected chi connectivity index (χ0v) is 11.5. The summed E-state index contributed by atoms with van der Waals surface area (Å²) in [6.45, 7) is 1.89. The molecule has 2 rings (SSSR count). The second kappa shape index (κ2) is 5.32. The van der Waals surface area contributed by atoms with Crippen molar-refractivity contribution in [1.29, 1.82) is 0 Å². The van der Waals surface area contributed by atoms with Crippen LogP contribution in [0.3, 0.4) is 0 Å². The number of rotatable bonds is 3. The van der Waals surface area contributed by atoms with E-state index < -0.39 is 5.97 Å². The number of aryl methyl sites for hydroxylation is 1. The van der Waals surface area contributed by atoms with Crippen LogP contribution in [0, 0.1) is 6.92 Å². The molecule has 1 amide bonds. The zero-order chi connectivity index (χ0) is 13.1. The van der Waals surface area contributed by atoms with Crippen LogP contribution in [0.5, 0.6) is 0 Å². The second-order valence-electron chi connectivity index (χ2n) is 3.61. The van der Waals surface area contributed by atoms with Gasteiger partial charge in [-0.05, 0) is 23.9 Å². The SMILES string of the molecule is COC(=O)c1csc(NC(=O)c2cscc2C)c1. The Labute approximate surface area is 112 Å². The van der Waals surface area contributed by atoms with E-state index in [0.29, 0.717) is 16.1 Å². The first-order chi connectivity index (χ1) is 8.61. The molecule has 0 aliphatic carbocycles. The summed E-state index contributed by atoms with van der Waals surface area (Å²) in [5, 5.41) is 8.77. The van der Waals surface area contributed by atoms with E-state index in [1.54, 1.807) is 16.8 Å². The third-order valence-electron chi connectivity index (χ3n) is 2.36. The minimum absolute atomic E-state index is 0.160. The van der Waals surface area contributed by atoms with E-state index in [4.69, 9.17) is 0 Å². The maximum atomic E-state index is 11.9. The van der Waals surface area contributed by atoms with Crippen LogP contribution in [0.15, 0.2) is 22.2 Å². The average Bonchev–Trinajstić information content (AvgIpc) is 2.97. The summed E-state index contributed by atoms with van der Waals surface area (Å²) in [5.41, 5.74) is 2.05. The number of hydrogen-bond donors (Lipinski definition) is 1. The Balaban J connectivity index is 2.11. The molecule has 94 valence electrons. The van der Waals surface area contributed by atoms with Gasteiger partial charge in [0.1, 0.15) is 0 Å². The summed E-state index contributed by atoms with van der Waals surface area (Å²) in [4.78, 5) is 23.2. The van der Waals surface area contributed by atoms with Gasteiger partial charge in [-0.2, -0.15) is 11.3 Å². The van der Waals surface area contributed by atoms with E-state index in [-0.39, 0.29) is 5.91 Å². The van der Waals surface area contributed by atoms with E-state index in [1.807, 2.05) is 12.3 Å². The van der Waals surface area contributed by atoms with Crippen LogP contribution in [-0.2, 0) is 4.74 Å². The fraction of sp³-hybridized carbons (Fsp3) is 0.167. The number of esters is 1. The van der Waals surface area contributed by atoms with Gasteiger partial charge in [-0.25, -0.2) is 4.79 Å². The van der Waals surface area contributed by atoms with Crippen LogP contribution < -0.4 is 5.32 Å². The first-order valence-electron chi connectivity index (χ1n) is 5.13. The van der Waals surface area contributed by atoms with Gasteiger partial charge >= 0.3 is 5.97 Å². The van der Waals surface area contributed by atoms with E-state index in [2.05, 4.69) is 10.1 Å². The molecular formula is C12H11NO3S2. The number of amides is 1. The lowest BCUT2D eigenvalue weighted by Crippen LogP contribution is -2.11. The Morgan fingerprint density at radius 3 is 2.67 bits per heavy atom. The highest BCUT2D eigenvalue weighted by Gasteiger charge is 2.13. The summed E-state index contributed by atoms with van der Waals surface area (Å²) in [7, 11) is 1.33. The highest BCUT2D eigenvalue weighted by atomic mass is 32.1. The van der Waals surface area contributed by atoms with Gasteiger partial charge in [0, 0.05) is 10.8 Å². The summed E-state index contributed by atoms with van der Waals surface area (Å²) < 4.78 is 4.60. The topological polar surface area (TPSA) is 55.4 Å². The maximum Gasteiger partial charge on any atom is 0.338 e. The normalized spacial score (nSPS) is 10.1. The molecule has 0 aromatic carbocycles. The minimum atomic E-state index is -0.404. The maximum absolute atomic E-state index is 11.9. The van der Waals surface area contributed by atoms with Crippen LogP contribution in [-0.4, -0.2) is 19.0 Å².